The normalized spacial score (nSPS) is 13.0. The maximum Gasteiger partial charge on any atom is 0.347 e. The van der Waals surface area contributed by atoms with E-state index in [-0.39, 0.29) is 17.3 Å². The second-order valence-corrected chi connectivity index (χ2v) is 7.43. The molecule has 1 heterocycles. The molecule has 0 bridgehead atoms. The van der Waals surface area contributed by atoms with Gasteiger partial charge in [-0.05, 0) is 69.5 Å². The summed E-state index contributed by atoms with van der Waals surface area (Å²) >= 11 is 0. The highest BCUT2D eigenvalue weighted by Crippen LogP contribution is 2.26. The first-order valence-corrected chi connectivity index (χ1v) is 9.95. The van der Waals surface area contributed by atoms with Gasteiger partial charge in [0.05, 0.1) is 11.5 Å². The van der Waals surface area contributed by atoms with Crippen LogP contribution in [0.3, 0.4) is 0 Å². The van der Waals surface area contributed by atoms with E-state index in [9.17, 15) is 9.59 Å². The summed E-state index contributed by atoms with van der Waals surface area (Å²) in [5.41, 5.74) is 2.13. The molecule has 6 nitrogen and oxygen atoms in total. The molecule has 0 saturated carbocycles. The summed E-state index contributed by atoms with van der Waals surface area (Å²) in [5.74, 6) is 0.643. The fourth-order valence-electron chi connectivity index (χ4n) is 2.98. The van der Waals surface area contributed by atoms with Crippen molar-refractivity contribution in [3.05, 3.63) is 64.0 Å². The van der Waals surface area contributed by atoms with Crippen LogP contribution in [0.4, 0.5) is 0 Å². The Morgan fingerprint density at radius 1 is 1.03 bits per heavy atom. The number of benzene rings is 2. The van der Waals surface area contributed by atoms with E-state index < -0.39 is 12.1 Å². The van der Waals surface area contributed by atoms with Gasteiger partial charge >= 0.3 is 5.97 Å². The van der Waals surface area contributed by atoms with Crippen molar-refractivity contribution in [3.63, 3.8) is 0 Å². The van der Waals surface area contributed by atoms with Gasteiger partial charge in [-0.25, -0.2) is 4.79 Å². The summed E-state index contributed by atoms with van der Waals surface area (Å²) in [6, 6.07) is 10.5. The van der Waals surface area contributed by atoms with Gasteiger partial charge in [0.25, 0.3) is 0 Å². The molecule has 158 valence electrons. The number of aryl methyl sites for hydroxylation is 2. The first kappa shape index (κ1) is 21.4. The predicted octanol–water partition coefficient (Wildman–Crippen LogP) is 5.31. The van der Waals surface area contributed by atoms with Crippen LogP contribution in [0, 0.1) is 13.8 Å². The fourth-order valence-corrected chi connectivity index (χ4v) is 2.98. The van der Waals surface area contributed by atoms with Crippen molar-refractivity contribution >= 4 is 16.9 Å². The Bertz CT molecular complexity index is 1090. The molecule has 3 aromatic rings. The van der Waals surface area contributed by atoms with E-state index in [1.807, 2.05) is 45.9 Å². The summed E-state index contributed by atoms with van der Waals surface area (Å²) in [6.07, 6.45) is 1.06. The second kappa shape index (κ2) is 9.03. The van der Waals surface area contributed by atoms with Gasteiger partial charge in [-0.2, -0.15) is 0 Å². The quantitative estimate of drug-likeness (QED) is 0.491. The maximum absolute atomic E-state index is 12.8. The summed E-state index contributed by atoms with van der Waals surface area (Å²) in [4.78, 5) is 24.9. The van der Waals surface area contributed by atoms with E-state index in [1.54, 1.807) is 25.1 Å². The number of ether oxygens (including phenoxy) is 3. The standard InChI is InChI=1S/C24H26O6/c1-6-16(4)28-24(26)17(5)29-18-7-8-20-21(12-18)27-13-22(23(20)25)30-19-10-14(2)9-15(3)11-19/h7-13,16-17H,6H2,1-5H3. The molecule has 2 aromatic carbocycles. The minimum absolute atomic E-state index is 0.103. The fraction of sp³-hybridized carbons (Fsp3) is 0.333. The van der Waals surface area contributed by atoms with Gasteiger partial charge in [0.2, 0.25) is 11.2 Å². The molecule has 0 aliphatic heterocycles. The highest BCUT2D eigenvalue weighted by molar-refractivity contribution is 5.79. The molecule has 0 saturated heterocycles. The molecular weight excluding hydrogens is 384 g/mol. The van der Waals surface area contributed by atoms with Crippen LogP contribution in [-0.2, 0) is 9.53 Å². The van der Waals surface area contributed by atoms with E-state index in [4.69, 9.17) is 18.6 Å². The molecule has 0 fully saturated rings. The highest BCUT2D eigenvalue weighted by Gasteiger charge is 2.19. The molecule has 2 unspecified atom stereocenters. The van der Waals surface area contributed by atoms with Gasteiger partial charge in [0, 0.05) is 6.07 Å². The van der Waals surface area contributed by atoms with E-state index >= 15 is 0 Å². The first-order valence-electron chi connectivity index (χ1n) is 9.95. The number of carbonyl (C=O) groups excluding carboxylic acids is 1. The Morgan fingerprint density at radius 3 is 2.40 bits per heavy atom. The molecular formula is C24H26O6. The van der Waals surface area contributed by atoms with Gasteiger partial charge in [0.1, 0.15) is 23.3 Å². The third-order valence-corrected chi connectivity index (χ3v) is 4.67. The number of hydrogen-bond acceptors (Lipinski definition) is 6. The molecule has 0 spiro atoms. The smallest absolute Gasteiger partial charge is 0.347 e. The average molecular weight is 410 g/mol. The lowest BCUT2D eigenvalue weighted by Crippen LogP contribution is -2.29. The minimum atomic E-state index is -0.782. The molecule has 6 heteroatoms. The van der Waals surface area contributed by atoms with Crippen LogP contribution in [0.2, 0.25) is 0 Å². The Kier molecular flexibility index (Phi) is 6.45. The van der Waals surface area contributed by atoms with Gasteiger partial charge in [-0.1, -0.05) is 13.0 Å². The predicted molar refractivity (Wildman–Crippen MR) is 114 cm³/mol. The van der Waals surface area contributed by atoms with Crippen molar-refractivity contribution < 1.29 is 23.4 Å². The summed E-state index contributed by atoms with van der Waals surface area (Å²) in [5, 5.41) is 0.360. The number of carbonyl (C=O) groups is 1. The van der Waals surface area contributed by atoms with Crippen LogP contribution >= 0.6 is 0 Å². The zero-order valence-corrected chi connectivity index (χ0v) is 17.9. The number of hydrogen-bond donors (Lipinski definition) is 0. The zero-order chi connectivity index (χ0) is 21.8. The number of esters is 1. The van der Waals surface area contributed by atoms with Gasteiger partial charge in [0.15, 0.2) is 6.10 Å². The lowest BCUT2D eigenvalue weighted by Gasteiger charge is -2.17. The van der Waals surface area contributed by atoms with Crippen molar-refractivity contribution in [3.8, 4) is 17.2 Å². The van der Waals surface area contributed by atoms with Gasteiger partial charge < -0.3 is 18.6 Å². The van der Waals surface area contributed by atoms with Crippen LogP contribution < -0.4 is 14.9 Å². The molecule has 0 aliphatic rings. The molecule has 0 aliphatic carbocycles. The van der Waals surface area contributed by atoms with Crippen molar-refractivity contribution in [2.75, 3.05) is 0 Å². The number of rotatable bonds is 7. The van der Waals surface area contributed by atoms with Crippen LogP contribution in [0.5, 0.6) is 17.2 Å². The highest BCUT2D eigenvalue weighted by atomic mass is 16.6. The van der Waals surface area contributed by atoms with Crippen LogP contribution in [0.15, 0.2) is 51.9 Å². The Labute approximate surface area is 175 Å². The summed E-state index contributed by atoms with van der Waals surface area (Å²) in [6.45, 7) is 9.31. The summed E-state index contributed by atoms with van der Waals surface area (Å²) < 4.78 is 22.3. The average Bonchev–Trinajstić information content (AvgIpc) is 2.69. The maximum atomic E-state index is 12.8. The van der Waals surface area contributed by atoms with Crippen molar-refractivity contribution in [1.82, 2.24) is 0 Å². The van der Waals surface area contributed by atoms with Gasteiger partial charge in [-0.15, -0.1) is 0 Å². The van der Waals surface area contributed by atoms with Crippen LogP contribution in [-0.4, -0.2) is 18.2 Å². The van der Waals surface area contributed by atoms with Crippen molar-refractivity contribution in [2.45, 2.75) is 53.2 Å². The summed E-state index contributed by atoms with van der Waals surface area (Å²) in [7, 11) is 0. The zero-order valence-electron chi connectivity index (χ0n) is 17.9. The molecule has 30 heavy (non-hydrogen) atoms. The Balaban J connectivity index is 1.80. The Morgan fingerprint density at radius 2 is 1.73 bits per heavy atom. The second-order valence-electron chi connectivity index (χ2n) is 7.43. The molecule has 0 amide bonds. The topological polar surface area (TPSA) is 75.0 Å². The lowest BCUT2D eigenvalue weighted by atomic mass is 10.1. The van der Waals surface area contributed by atoms with E-state index in [0.717, 1.165) is 17.5 Å². The molecule has 0 N–H and O–H groups in total. The van der Waals surface area contributed by atoms with Crippen molar-refractivity contribution in [2.24, 2.45) is 0 Å². The minimum Gasteiger partial charge on any atom is -0.479 e. The third-order valence-electron chi connectivity index (χ3n) is 4.67. The van der Waals surface area contributed by atoms with E-state index in [1.165, 1.54) is 6.26 Å². The first-order chi connectivity index (χ1) is 14.3. The Hall–Kier alpha value is -3.28. The number of fused-ring (bicyclic) bond motifs is 1. The third kappa shape index (κ3) is 5.00. The molecule has 2 atom stereocenters. The SMILES string of the molecule is CCC(C)OC(=O)C(C)Oc1ccc2c(=O)c(Oc3cc(C)cc(C)c3)coc2c1. The lowest BCUT2D eigenvalue weighted by molar-refractivity contribution is -0.155. The molecule has 1 aromatic heterocycles. The van der Waals surface area contributed by atoms with Crippen molar-refractivity contribution in [1.29, 1.82) is 0 Å². The largest absolute Gasteiger partial charge is 0.479 e. The monoisotopic (exact) mass is 410 g/mol. The van der Waals surface area contributed by atoms with Gasteiger partial charge in [-0.3, -0.25) is 4.79 Å². The molecule has 3 rings (SSSR count). The van der Waals surface area contributed by atoms with Crippen LogP contribution in [0.1, 0.15) is 38.3 Å². The van der Waals surface area contributed by atoms with E-state index in [0.29, 0.717) is 22.5 Å². The van der Waals surface area contributed by atoms with E-state index in [2.05, 4.69) is 0 Å². The van der Waals surface area contributed by atoms with Crippen LogP contribution in [0.25, 0.3) is 11.0 Å². The molecule has 0 radical (unpaired) electrons.